The van der Waals surface area contributed by atoms with Crippen LogP contribution < -0.4 is 5.73 Å². The van der Waals surface area contributed by atoms with Crippen molar-refractivity contribution in [3.05, 3.63) is 34.6 Å². The summed E-state index contributed by atoms with van der Waals surface area (Å²) in [7, 11) is 0. The van der Waals surface area contributed by atoms with Crippen molar-refractivity contribution in [2.75, 3.05) is 45.9 Å². The van der Waals surface area contributed by atoms with Crippen LogP contribution in [0.25, 0.3) is 0 Å². The first-order valence-corrected chi connectivity index (χ1v) is 14.5. The van der Waals surface area contributed by atoms with Crippen LogP contribution in [0.3, 0.4) is 0 Å². The minimum atomic E-state index is -0.533. The first kappa shape index (κ1) is 27.8. The van der Waals surface area contributed by atoms with E-state index in [2.05, 4.69) is 25.7 Å². The van der Waals surface area contributed by atoms with Gasteiger partial charge in [0.05, 0.1) is 17.5 Å². The molecule has 1 aromatic carbocycles. The van der Waals surface area contributed by atoms with Gasteiger partial charge in [-0.1, -0.05) is 38.4 Å². The Kier molecular flexibility index (Phi) is 7.81. The molecule has 9 heteroatoms. The fourth-order valence-electron chi connectivity index (χ4n) is 6.81. The SMILES string of the molecule is CC(C)(C)C[C@H](N)C(=O)N1CCN(C(=O)[C@@H]2CN(C3CCOCC3)C[C@H]2c2ccc(Cl)cc2F)CC12CC2. The van der Waals surface area contributed by atoms with Gasteiger partial charge in [-0.25, -0.2) is 4.39 Å². The Morgan fingerprint density at radius 1 is 1.18 bits per heavy atom. The summed E-state index contributed by atoms with van der Waals surface area (Å²) in [5.41, 5.74) is 6.56. The van der Waals surface area contributed by atoms with Crippen LogP contribution in [0.4, 0.5) is 4.39 Å². The summed E-state index contributed by atoms with van der Waals surface area (Å²) in [6.45, 7) is 10.5. The Labute approximate surface area is 230 Å². The van der Waals surface area contributed by atoms with Gasteiger partial charge >= 0.3 is 0 Å². The fourth-order valence-corrected chi connectivity index (χ4v) is 6.97. The van der Waals surface area contributed by atoms with Gasteiger partial charge in [-0.2, -0.15) is 0 Å². The smallest absolute Gasteiger partial charge is 0.240 e. The molecule has 38 heavy (non-hydrogen) atoms. The van der Waals surface area contributed by atoms with Gasteiger partial charge in [-0.15, -0.1) is 0 Å². The van der Waals surface area contributed by atoms with Crippen molar-refractivity contribution in [2.24, 2.45) is 17.1 Å². The molecule has 3 atom stereocenters. The van der Waals surface area contributed by atoms with E-state index < -0.39 is 6.04 Å². The number of nitrogens with zero attached hydrogens (tertiary/aromatic N) is 3. The Hall–Kier alpha value is -1.74. The first-order valence-electron chi connectivity index (χ1n) is 14.1. The molecule has 1 spiro atoms. The van der Waals surface area contributed by atoms with Crippen molar-refractivity contribution >= 4 is 23.4 Å². The topological polar surface area (TPSA) is 79.1 Å². The summed E-state index contributed by atoms with van der Waals surface area (Å²) in [4.78, 5) is 33.7. The number of likely N-dealkylation sites (tertiary alicyclic amines) is 1. The van der Waals surface area contributed by atoms with Gasteiger partial charge in [0.25, 0.3) is 0 Å². The monoisotopic (exact) mass is 548 g/mol. The Morgan fingerprint density at radius 3 is 2.53 bits per heavy atom. The largest absolute Gasteiger partial charge is 0.381 e. The molecule has 1 aromatic rings. The highest BCUT2D eigenvalue weighted by Gasteiger charge is 2.55. The van der Waals surface area contributed by atoms with Crippen molar-refractivity contribution in [3.63, 3.8) is 0 Å². The normalized spacial score (nSPS) is 27.1. The number of carbonyl (C=O) groups is 2. The summed E-state index contributed by atoms with van der Waals surface area (Å²) in [5.74, 6) is -0.864. The van der Waals surface area contributed by atoms with Crippen molar-refractivity contribution in [1.82, 2.24) is 14.7 Å². The van der Waals surface area contributed by atoms with Crippen LogP contribution >= 0.6 is 11.6 Å². The number of amides is 2. The highest BCUT2D eigenvalue weighted by Crippen LogP contribution is 2.46. The molecule has 0 aromatic heterocycles. The molecular formula is C29H42ClFN4O3. The van der Waals surface area contributed by atoms with E-state index in [1.807, 2.05) is 9.80 Å². The van der Waals surface area contributed by atoms with Crippen LogP contribution in [-0.2, 0) is 14.3 Å². The zero-order valence-electron chi connectivity index (χ0n) is 22.9. The number of rotatable bonds is 5. The van der Waals surface area contributed by atoms with E-state index >= 15 is 4.39 Å². The van der Waals surface area contributed by atoms with E-state index in [-0.39, 0.29) is 40.4 Å². The lowest BCUT2D eigenvalue weighted by atomic mass is 9.86. The Balaban J connectivity index is 1.33. The minimum Gasteiger partial charge on any atom is -0.381 e. The van der Waals surface area contributed by atoms with Crippen LogP contribution in [0.5, 0.6) is 0 Å². The van der Waals surface area contributed by atoms with Gasteiger partial charge in [-0.05, 0) is 55.2 Å². The molecular weight excluding hydrogens is 507 g/mol. The summed E-state index contributed by atoms with van der Waals surface area (Å²) in [5, 5.41) is 0.356. The number of ether oxygens (including phenoxy) is 1. The van der Waals surface area contributed by atoms with E-state index in [1.54, 1.807) is 12.1 Å². The number of hydrogen-bond donors (Lipinski definition) is 1. The predicted octanol–water partition coefficient (Wildman–Crippen LogP) is 3.64. The van der Waals surface area contributed by atoms with Gasteiger partial charge in [-0.3, -0.25) is 14.5 Å². The highest BCUT2D eigenvalue weighted by atomic mass is 35.5. The van der Waals surface area contributed by atoms with Gasteiger partial charge in [0.15, 0.2) is 0 Å². The lowest BCUT2D eigenvalue weighted by Gasteiger charge is -2.44. The van der Waals surface area contributed by atoms with Gasteiger partial charge in [0, 0.05) is 62.9 Å². The lowest BCUT2D eigenvalue weighted by molar-refractivity contribution is -0.147. The number of piperazine rings is 1. The number of benzene rings is 1. The first-order chi connectivity index (χ1) is 18.0. The van der Waals surface area contributed by atoms with E-state index in [1.165, 1.54) is 6.07 Å². The molecule has 0 unspecified atom stereocenters. The zero-order valence-corrected chi connectivity index (χ0v) is 23.7. The molecule has 5 rings (SSSR count). The third kappa shape index (κ3) is 5.74. The fraction of sp³-hybridized carbons (Fsp3) is 0.724. The van der Waals surface area contributed by atoms with Crippen molar-refractivity contribution in [3.8, 4) is 0 Å². The molecule has 4 aliphatic rings. The van der Waals surface area contributed by atoms with Gasteiger partial charge in [0.1, 0.15) is 5.82 Å². The van der Waals surface area contributed by atoms with Gasteiger partial charge < -0.3 is 20.3 Å². The number of hydrogen-bond acceptors (Lipinski definition) is 5. The quantitative estimate of drug-likeness (QED) is 0.608. The highest BCUT2D eigenvalue weighted by molar-refractivity contribution is 6.30. The molecule has 1 aliphatic carbocycles. The molecule has 1 saturated carbocycles. The molecule has 7 nitrogen and oxygen atoms in total. The number of nitrogens with two attached hydrogens (primary N) is 1. The second-order valence-electron chi connectivity index (χ2n) is 13.0. The van der Waals surface area contributed by atoms with E-state index in [9.17, 15) is 9.59 Å². The summed E-state index contributed by atoms with van der Waals surface area (Å²) >= 11 is 6.05. The molecule has 3 saturated heterocycles. The maximum Gasteiger partial charge on any atom is 0.240 e. The minimum absolute atomic E-state index is 0.00260. The van der Waals surface area contributed by atoms with Crippen LogP contribution in [-0.4, -0.2) is 90.1 Å². The van der Waals surface area contributed by atoms with E-state index in [4.69, 9.17) is 22.1 Å². The van der Waals surface area contributed by atoms with Crippen LogP contribution in [0.1, 0.15) is 64.4 Å². The van der Waals surface area contributed by atoms with Crippen molar-refractivity contribution in [1.29, 1.82) is 0 Å². The van der Waals surface area contributed by atoms with E-state index in [0.717, 1.165) is 38.9 Å². The third-order valence-corrected chi connectivity index (χ3v) is 9.18. The molecule has 2 N–H and O–H groups in total. The Bertz CT molecular complexity index is 1050. The Morgan fingerprint density at radius 2 is 1.89 bits per heavy atom. The summed E-state index contributed by atoms with van der Waals surface area (Å²) < 4.78 is 20.7. The standard InChI is InChI=1S/C29H42ClFN4O3/c1-28(2,3)15-25(32)27(37)35-11-10-33(18-29(35)8-9-29)26(36)23-17-34(20-6-12-38-13-7-20)16-22(23)21-5-4-19(30)14-24(21)31/h4-5,14,20,22-23,25H,6-13,15-18,32H2,1-3H3/t22-,23+,25-/m0/s1. The summed E-state index contributed by atoms with van der Waals surface area (Å²) in [6, 6.07) is 4.61. The lowest BCUT2D eigenvalue weighted by Crippen LogP contribution is -2.62. The second kappa shape index (κ2) is 10.7. The molecule has 3 heterocycles. The number of halogens is 2. The van der Waals surface area contributed by atoms with E-state index in [0.29, 0.717) is 55.8 Å². The second-order valence-corrected chi connectivity index (χ2v) is 13.5. The zero-order chi connectivity index (χ0) is 27.2. The molecule has 3 aliphatic heterocycles. The summed E-state index contributed by atoms with van der Waals surface area (Å²) in [6.07, 6.45) is 4.25. The third-order valence-electron chi connectivity index (χ3n) is 8.94. The molecule has 0 radical (unpaired) electrons. The average molecular weight is 549 g/mol. The molecule has 0 bridgehead atoms. The van der Waals surface area contributed by atoms with Crippen molar-refractivity contribution in [2.45, 2.75) is 76.4 Å². The molecule has 210 valence electrons. The predicted molar refractivity (Wildman–Crippen MR) is 145 cm³/mol. The van der Waals surface area contributed by atoms with Crippen LogP contribution in [0.2, 0.25) is 5.02 Å². The maximum absolute atomic E-state index is 15.1. The molecule has 2 amide bonds. The molecule has 4 fully saturated rings. The number of carbonyl (C=O) groups excluding carboxylic acids is 2. The van der Waals surface area contributed by atoms with Gasteiger partial charge in [0.2, 0.25) is 11.8 Å². The maximum atomic E-state index is 15.1. The average Bonchev–Trinajstić information content (AvgIpc) is 3.48. The van der Waals surface area contributed by atoms with Crippen molar-refractivity contribution < 1.29 is 18.7 Å². The van der Waals surface area contributed by atoms with Crippen LogP contribution in [0.15, 0.2) is 18.2 Å². The van der Waals surface area contributed by atoms with Crippen LogP contribution in [0, 0.1) is 17.2 Å².